The van der Waals surface area contributed by atoms with Crippen LogP contribution in [0.3, 0.4) is 0 Å². The highest BCUT2D eigenvalue weighted by Gasteiger charge is 2.46. The lowest BCUT2D eigenvalue weighted by molar-refractivity contribution is -0.139. The van der Waals surface area contributed by atoms with E-state index in [2.05, 4.69) is 21.2 Å². The van der Waals surface area contributed by atoms with Crippen molar-refractivity contribution in [3.8, 4) is 5.75 Å². The Bertz CT molecular complexity index is 1060. The quantitative estimate of drug-likeness (QED) is 0.549. The molecule has 30 heavy (non-hydrogen) atoms. The zero-order chi connectivity index (χ0) is 21.1. The lowest BCUT2D eigenvalue weighted by Gasteiger charge is -2.27. The van der Waals surface area contributed by atoms with Crippen LogP contribution in [0.4, 0.5) is 10.5 Å². The van der Waals surface area contributed by atoms with Crippen molar-refractivity contribution in [2.45, 2.75) is 18.7 Å². The Morgan fingerprint density at radius 3 is 2.37 bits per heavy atom. The number of aliphatic carboxylic acids is 1. The Balaban J connectivity index is 1.75. The van der Waals surface area contributed by atoms with Crippen LogP contribution >= 0.6 is 15.9 Å². The van der Waals surface area contributed by atoms with E-state index in [1.807, 2.05) is 54.6 Å². The smallest absolute Gasteiger partial charge is 0.328 e. The number of nitrogens with one attached hydrogen (secondary N) is 1. The first-order valence-electron chi connectivity index (χ1n) is 9.38. The first-order valence-corrected chi connectivity index (χ1v) is 10.2. The molecule has 0 unspecified atom stereocenters. The minimum atomic E-state index is -1.11. The Morgan fingerprint density at radius 1 is 1.03 bits per heavy atom. The molecule has 0 saturated carbocycles. The molecule has 3 aromatic carbocycles. The third kappa shape index (κ3) is 4.02. The molecular formula is C23H19BrN2O4. The fourth-order valence-electron chi connectivity index (χ4n) is 3.55. The van der Waals surface area contributed by atoms with Gasteiger partial charge in [0.25, 0.3) is 0 Å². The number of ether oxygens (including phenoxy) is 1. The molecule has 7 heteroatoms. The van der Waals surface area contributed by atoms with Gasteiger partial charge in [0.2, 0.25) is 0 Å². The van der Waals surface area contributed by atoms with Gasteiger partial charge in [-0.15, -0.1) is 0 Å². The van der Waals surface area contributed by atoms with Crippen molar-refractivity contribution in [2.75, 3.05) is 4.90 Å². The van der Waals surface area contributed by atoms with Crippen LogP contribution in [0.2, 0.25) is 0 Å². The number of rotatable bonds is 6. The molecule has 0 spiro atoms. The molecule has 4 rings (SSSR count). The lowest BCUT2D eigenvalue weighted by atomic mass is 9.98. The zero-order valence-electron chi connectivity index (χ0n) is 15.9. The van der Waals surface area contributed by atoms with Crippen LogP contribution in [0.25, 0.3) is 0 Å². The number of anilines is 1. The third-order valence-corrected chi connectivity index (χ3v) is 5.42. The molecular weight excluding hydrogens is 448 g/mol. The zero-order valence-corrected chi connectivity index (χ0v) is 17.5. The van der Waals surface area contributed by atoms with E-state index in [0.717, 1.165) is 10.0 Å². The second kappa shape index (κ2) is 8.59. The summed E-state index contributed by atoms with van der Waals surface area (Å²) in [5.74, 6) is -0.592. The molecule has 2 N–H and O–H groups in total. The van der Waals surface area contributed by atoms with Gasteiger partial charge in [0.1, 0.15) is 12.4 Å². The Morgan fingerprint density at radius 2 is 1.70 bits per heavy atom. The second-order valence-electron chi connectivity index (χ2n) is 6.87. The Labute approximate surface area is 182 Å². The number of halogens is 1. The van der Waals surface area contributed by atoms with Gasteiger partial charge in [0.05, 0.1) is 6.04 Å². The molecule has 2 atom stereocenters. The fourth-order valence-corrected chi connectivity index (χ4v) is 3.89. The van der Waals surface area contributed by atoms with E-state index in [-0.39, 0.29) is 0 Å². The van der Waals surface area contributed by atoms with E-state index in [1.54, 1.807) is 24.3 Å². The molecule has 0 radical (unpaired) electrons. The topological polar surface area (TPSA) is 78.9 Å². The summed E-state index contributed by atoms with van der Waals surface area (Å²) in [5, 5.41) is 12.4. The maximum Gasteiger partial charge on any atom is 0.328 e. The average Bonchev–Trinajstić information content (AvgIpc) is 3.11. The molecule has 1 aliphatic heterocycles. The van der Waals surface area contributed by atoms with Crippen molar-refractivity contribution in [3.63, 3.8) is 0 Å². The van der Waals surface area contributed by atoms with Crippen molar-refractivity contribution in [2.24, 2.45) is 0 Å². The van der Waals surface area contributed by atoms with E-state index in [4.69, 9.17) is 4.74 Å². The number of benzene rings is 3. The van der Waals surface area contributed by atoms with Crippen LogP contribution < -0.4 is 15.0 Å². The van der Waals surface area contributed by atoms with Gasteiger partial charge in [0, 0.05) is 15.7 Å². The van der Waals surface area contributed by atoms with Crippen LogP contribution in [0.1, 0.15) is 17.2 Å². The van der Waals surface area contributed by atoms with E-state index < -0.39 is 24.1 Å². The number of carboxylic acids is 1. The maximum atomic E-state index is 12.7. The van der Waals surface area contributed by atoms with Crippen LogP contribution in [0, 0.1) is 0 Å². The van der Waals surface area contributed by atoms with Gasteiger partial charge in [-0.2, -0.15) is 0 Å². The second-order valence-corrected chi connectivity index (χ2v) is 7.79. The predicted molar refractivity (Wildman–Crippen MR) is 117 cm³/mol. The van der Waals surface area contributed by atoms with Crippen molar-refractivity contribution in [1.29, 1.82) is 0 Å². The molecule has 0 bridgehead atoms. The highest BCUT2D eigenvalue weighted by Crippen LogP contribution is 2.40. The number of urea groups is 1. The highest BCUT2D eigenvalue weighted by molar-refractivity contribution is 9.10. The minimum absolute atomic E-state index is 0.321. The summed E-state index contributed by atoms with van der Waals surface area (Å²) in [6.07, 6.45) is 0. The predicted octanol–water partition coefficient (Wildman–Crippen LogP) is 4.75. The van der Waals surface area contributed by atoms with Crippen molar-refractivity contribution >= 4 is 33.6 Å². The third-order valence-electron chi connectivity index (χ3n) is 4.92. The van der Waals surface area contributed by atoms with Gasteiger partial charge in [0.15, 0.2) is 6.04 Å². The number of nitrogens with zero attached hydrogens (tertiary/aromatic N) is 1. The van der Waals surface area contributed by atoms with E-state index in [9.17, 15) is 14.7 Å². The molecule has 1 fully saturated rings. The van der Waals surface area contributed by atoms with Crippen LogP contribution in [-0.2, 0) is 11.4 Å². The van der Waals surface area contributed by atoms with Crippen molar-refractivity contribution in [1.82, 2.24) is 5.32 Å². The van der Waals surface area contributed by atoms with E-state index in [0.29, 0.717) is 23.6 Å². The molecule has 2 amide bonds. The van der Waals surface area contributed by atoms with Gasteiger partial charge in [-0.05, 0) is 29.8 Å². The van der Waals surface area contributed by atoms with Crippen LogP contribution in [0.5, 0.6) is 5.75 Å². The van der Waals surface area contributed by atoms with Gasteiger partial charge < -0.3 is 15.2 Å². The maximum absolute atomic E-state index is 12.7. The van der Waals surface area contributed by atoms with Gasteiger partial charge in [-0.1, -0.05) is 70.5 Å². The van der Waals surface area contributed by atoms with E-state index in [1.165, 1.54) is 4.90 Å². The van der Waals surface area contributed by atoms with Gasteiger partial charge in [-0.25, -0.2) is 9.59 Å². The number of carboxylic acid groups (broad SMARTS) is 1. The molecule has 3 aromatic rings. The molecule has 0 aliphatic carbocycles. The average molecular weight is 467 g/mol. The molecule has 152 valence electrons. The molecule has 0 aromatic heterocycles. The molecule has 1 aliphatic rings. The largest absolute Gasteiger partial charge is 0.488 e. The number of carbonyl (C=O) groups is 2. The summed E-state index contributed by atoms with van der Waals surface area (Å²) >= 11 is 3.45. The number of para-hydroxylation sites is 1. The summed E-state index contributed by atoms with van der Waals surface area (Å²) in [7, 11) is 0. The Kier molecular flexibility index (Phi) is 5.72. The summed E-state index contributed by atoms with van der Waals surface area (Å²) < 4.78 is 6.87. The first kappa shape index (κ1) is 20.0. The minimum Gasteiger partial charge on any atom is -0.488 e. The summed E-state index contributed by atoms with van der Waals surface area (Å²) in [4.78, 5) is 26.2. The SMILES string of the molecule is O=C(O)[C@@H]1NC(=O)N(c2ccccc2)[C@@H]1c1ccc(Br)cc1OCc1ccccc1. The number of carbonyl (C=O) groups excluding carboxylic acids is 1. The summed E-state index contributed by atoms with van der Waals surface area (Å²) in [6.45, 7) is 0.321. The number of hydrogen-bond donors (Lipinski definition) is 2. The normalized spacial score (nSPS) is 18.2. The molecule has 6 nitrogen and oxygen atoms in total. The van der Waals surface area contributed by atoms with Crippen LogP contribution in [-0.4, -0.2) is 23.1 Å². The van der Waals surface area contributed by atoms with Crippen molar-refractivity contribution < 1.29 is 19.4 Å². The summed E-state index contributed by atoms with van der Waals surface area (Å²) in [6, 6.07) is 21.8. The van der Waals surface area contributed by atoms with Gasteiger partial charge >= 0.3 is 12.0 Å². The number of amides is 2. The molecule has 1 saturated heterocycles. The number of hydrogen-bond acceptors (Lipinski definition) is 3. The summed E-state index contributed by atoms with van der Waals surface area (Å²) in [5.41, 5.74) is 2.21. The van der Waals surface area contributed by atoms with Crippen LogP contribution in [0.15, 0.2) is 83.3 Å². The molecule has 1 heterocycles. The standard InChI is InChI=1S/C23H19BrN2O4/c24-16-11-12-18(19(13-16)30-14-15-7-3-1-4-8-15)21-20(22(27)28)25-23(29)26(21)17-9-5-2-6-10-17/h1-13,20-21H,14H2,(H,25,29)(H,27,28)/t20-,21-/m1/s1. The van der Waals surface area contributed by atoms with E-state index >= 15 is 0 Å². The van der Waals surface area contributed by atoms with Crippen molar-refractivity contribution in [3.05, 3.63) is 94.5 Å². The monoisotopic (exact) mass is 466 g/mol. The highest BCUT2D eigenvalue weighted by atomic mass is 79.9. The fraction of sp³-hybridized carbons (Fsp3) is 0.130. The van der Waals surface area contributed by atoms with Gasteiger partial charge in [-0.3, -0.25) is 4.90 Å². The Hall–Kier alpha value is -3.32. The first-order chi connectivity index (χ1) is 14.5. The lowest BCUT2D eigenvalue weighted by Crippen LogP contribution is -2.36.